The summed E-state index contributed by atoms with van der Waals surface area (Å²) in [4.78, 5) is 0. The van der Waals surface area contributed by atoms with E-state index in [2.05, 4.69) is 10.2 Å². The minimum Gasteiger partial charge on any atom is -0.374 e. The fraction of sp³-hybridized carbons (Fsp3) is 0.333. The third-order valence-corrected chi connectivity index (χ3v) is 4.20. The normalized spacial score (nSPS) is 14.5. The highest BCUT2D eigenvalue weighted by Crippen LogP contribution is 2.32. The molecule has 3 nitrogen and oxygen atoms in total. The molecule has 0 radical (unpaired) electrons. The summed E-state index contributed by atoms with van der Waals surface area (Å²) in [5.41, 5.74) is 1.03. The van der Waals surface area contributed by atoms with Crippen molar-refractivity contribution in [3.63, 3.8) is 0 Å². The molecule has 0 spiro atoms. The van der Waals surface area contributed by atoms with Crippen molar-refractivity contribution < 1.29 is 4.74 Å². The SMILES string of the molecule is COC(C)c1nnc(C(Cl)c2ccccc2)s1. The molecule has 2 unspecified atom stereocenters. The number of rotatable bonds is 4. The van der Waals surface area contributed by atoms with E-state index < -0.39 is 0 Å². The lowest BCUT2D eigenvalue weighted by Crippen LogP contribution is -1.93. The number of aromatic nitrogens is 2. The zero-order valence-electron chi connectivity index (χ0n) is 9.63. The zero-order valence-corrected chi connectivity index (χ0v) is 11.2. The lowest BCUT2D eigenvalue weighted by atomic mass is 10.1. The first-order valence-electron chi connectivity index (χ1n) is 5.27. The summed E-state index contributed by atoms with van der Waals surface area (Å²) in [5.74, 6) is 0. The molecule has 1 aromatic carbocycles. The summed E-state index contributed by atoms with van der Waals surface area (Å²) in [6.07, 6.45) is -0.0408. The molecular weight excluding hydrogens is 256 g/mol. The molecule has 17 heavy (non-hydrogen) atoms. The molecule has 1 heterocycles. The standard InChI is InChI=1S/C12H13ClN2OS/c1-8(16-2)11-14-15-12(17-11)10(13)9-6-4-3-5-7-9/h3-8,10H,1-2H3. The van der Waals surface area contributed by atoms with Gasteiger partial charge in [0.05, 0.1) is 0 Å². The third kappa shape index (κ3) is 2.83. The Kier molecular flexibility index (Phi) is 4.10. The predicted octanol–water partition coefficient (Wildman–Crippen LogP) is 3.57. The van der Waals surface area contributed by atoms with Crippen LogP contribution in [0.2, 0.25) is 0 Å². The molecule has 0 aliphatic carbocycles. The second-order valence-electron chi connectivity index (χ2n) is 3.63. The van der Waals surface area contributed by atoms with E-state index >= 15 is 0 Å². The molecular formula is C12H13ClN2OS. The van der Waals surface area contributed by atoms with Gasteiger partial charge < -0.3 is 4.74 Å². The lowest BCUT2D eigenvalue weighted by Gasteiger charge is -2.05. The van der Waals surface area contributed by atoms with Crippen LogP contribution in [0, 0.1) is 0 Å². The average molecular weight is 269 g/mol. The molecule has 0 saturated carbocycles. The number of benzene rings is 1. The van der Waals surface area contributed by atoms with Gasteiger partial charge in [0.1, 0.15) is 21.5 Å². The van der Waals surface area contributed by atoms with Crippen LogP contribution in [0.3, 0.4) is 0 Å². The van der Waals surface area contributed by atoms with Gasteiger partial charge in [0.2, 0.25) is 0 Å². The van der Waals surface area contributed by atoms with Gasteiger partial charge in [0.25, 0.3) is 0 Å². The Bertz CT molecular complexity index is 474. The maximum atomic E-state index is 6.36. The number of ether oxygens (including phenoxy) is 1. The smallest absolute Gasteiger partial charge is 0.146 e. The van der Waals surface area contributed by atoms with Crippen molar-refractivity contribution in [2.45, 2.75) is 18.4 Å². The zero-order chi connectivity index (χ0) is 12.3. The number of hydrogen-bond donors (Lipinski definition) is 0. The van der Waals surface area contributed by atoms with Gasteiger partial charge in [0, 0.05) is 7.11 Å². The quantitative estimate of drug-likeness (QED) is 0.795. The fourth-order valence-corrected chi connectivity index (χ4v) is 2.58. The van der Waals surface area contributed by atoms with Gasteiger partial charge in [-0.15, -0.1) is 21.8 Å². The maximum absolute atomic E-state index is 6.36. The summed E-state index contributed by atoms with van der Waals surface area (Å²) < 4.78 is 5.20. The van der Waals surface area contributed by atoms with Crippen molar-refractivity contribution in [1.29, 1.82) is 0 Å². The van der Waals surface area contributed by atoms with Crippen molar-refractivity contribution in [3.8, 4) is 0 Å². The minimum atomic E-state index is -0.244. The van der Waals surface area contributed by atoms with E-state index in [0.717, 1.165) is 15.6 Å². The van der Waals surface area contributed by atoms with Crippen molar-refractivity contribution in [2.75, 3.05) is 7.11 Å². The van der Waals surface area contributed by atoms with E-state index in [0.29, 0.717) is 0 Å². The summed E-state index contributed by atoms with van der Waals surface area (Å²) in [6, 6.07) is 9.86. The fourth-order valence-electron chi connectivity index (χ4n) is 1.38. The number of nitrogens with zero attached hydrogens (tertiary/aromatic N) is 2. The lowest BCUT2D eigenvalue weighted by molar-refractivity contribution is 0.118. The van der Waals surface area contributed by atoms with E-state index in [9.17, 15) is 0 Å². The Labute approximate surface area is 109 Å². The second kappa shape index (κ2) is 5.58. The molecule has 0 bridgehead atoms. The van der Waals surface area contributed by atoms with Gasteiger partial charge in [-0.2, -0.15) is 0 Å². The Hall–Kier alpha value is -0.970. The van der Waals surface area contributed by atoms with Crippen molar-refractivity contribution in [2.24, 2.45) is 0 Å². The number of methoxy groups -OCH3 is 1. The molecule has 2 aromatic rings. The molecule has 5 heteroatoms. The van der Waals surface area contributed by atoms with Gasteiger partial charge >= 0.3 is 0 Å². The molecule has 0 aliphatic rings. The number of halogens is 1. The largest absolute Gasteiger partial charge is 0.374 e. The molecule has 90 valence electrons. The van der Waals surface area contributed by atoms with Gasteiger partial charge in [-0.3, -0.25) is 0 Å². The molecule has 0 fully saturated rings. The molecule has 2 rings (SSSR count). The highest BCUT2D eigenvalue weighted by molar-refractivity contribution is 7.11. The highest BCUT2D eigenvalue weighted by atomic mass is 35.5. The Balaban J connectivity index is 2.20. The van der Waals surface area contributed by atoms with Crippen LogP contribution >= 0.6 is 22.9 Å². The Morgan fingerprint density at radius 1 is 1.18 bits per heavy atom. The van der Waals surface area contributed by atoms with Crippen LogP contribution in [-0.4, -0.2) is 17.3 Å². The third-order valence-electron chi connectivity index (χ3n) is 2.47. The van der Waals surface area contributed by atoms with E-state index in [1.165, 1.54) is 11.3 Å². The van der Waals surface area contributed by atoms with Crippen LogP contribution in [-0.2, 0) is 4.74 Å². The second-order valence-corrected chi connectivity index (χ2v) is 5.11. The van der Waals surface area contributed by atoms with Crippen LogP contribution in [0.25, 0.3) is 0 Å². The average Bonchev–Trinajstić information content (AvgIpc) is 2.87. The topological polar surface area (TPSA) is 35.0 Å². The molecule has 0 saturated heterocycles. The van der Waals surface area contributed by atoms with Crippen LogP contribution in [0.1, 0.15) is 34.0 Å². The minimum absolute atomic E-state index is 0.0408. The molecule has 0 amide bonds. The molecule has 0 aliphatic heterocycles. The molecule has 0 N–H and O–H groups in total. The van der Waals surface area contributed by atoms with E-state index in [1.54, 1.807) is 7.11 Å². The van der Waals surface area contributed by atoms with Crippen LogP contribution in [0.4, 0.5) is 0 Å². The van der Waals surface area contributed by atoms with Gasteiger partial charge in [0.15, 0.2) is 0 Å². The summed E-state index contributed by atoms with van der Waals surface area (Å²) in [5, 5.41) is 9.62. The maximum Gasteiger partial charge on any atom is 0.146 e. The van der Waals surface area contributed by atoms with E-state index in [4.69, 9.17) is 16.3 Å². The van der Waals surface area contributed by atoms with Crippen LogP contribution in [0.15, 0.2) is 30.3 Å². The summed E-state index contributed by atoms with van der Waals surface area (Å²) in [7, 11) is 1.65. The monoisotopic (exact) mass is 268 g/mol. The molecule has 2 atom stereocenters. The first kappa shape index (κ1) is 12.5. The first-order valence-corrected chi connectivity index (χ1v) is 6.52. The number of alkyl halides is 1. The Morgan fingerprint density at radius 2 is 1.82 bits per heavy atom. The first-order chi connectivity index (χ1) is 8.22. The van der Waals surface area contributed by atoms with E-state index in [-0.39, 0.29) is 11.5 Å². The van der Waals surface area contributed by atoms with Crippen LogP contribution in [0.5, 0.6) is 0 Å². The molecule has 1 aromatic heterocycles. The van der Waals surface area contributed by atoms with E-state index in [1.807, 2.05) is 37.3 Å². The number of hydrogen-bond acceptors (Lipinski definition) is 4. The van der Waals surface area contributed by atoms with Crippen molar-refractivity contribution >= 4 is 22.9 Å². The predicted molar refractivity (Wildman–Crippen MR) is 69.5 cm³/mol. The summed E-state index contributed by atoms with van der Waals surface area (Å²) in [6.45, 7) is 1.94. The summed E-state index contributed by atoms with van der Waals surface area (Å²) >= 11 is 7.85. The van der Waals surface area contributed by atoms with Crippen LogP contribution < -0.4 is 0 Å². The van der Waals surface area contributed by atoms with Gasteiger partial charge in [-0.05, 0) is 12.5 Å². The van der Waals surface area contributed by atoms with Crippen molar-refractivity contribution in [1.82, 2.24) is 10.2 Å². The highest BCUT2D eigenvalue weighted by Gasteiger charge is 2.18. The van der Waals surface area contributed by atoms with Crippen molar-refractivity contribution in [3.05, 3.63) is 45.9 Å². The van der Waals surface area contributed by atoms with Gasteiger partial charge in [-0.1, -0.05) is 41.7 Å². The van der Waals surface area contributed by atoms with Gasteiger partial charge in [-0.25, -0.2) is 0 Å². The Morgan fingerprint density at radius 3 is 2.47 bits per heavy atom.